The third-order valence-corrected chi connectivity index (χ3v) is 2.95. The second kappa shape index (κ2) is 6.89. The Labute approximate surface area is 121 Å². The first-order valence-electron chi connectivity index (χ1n) is 6.25. The van der Waals surface area contributed by atoms with Crippen LogP contribution >= 0.6 is 0 Å². The van der Waals surface area contributed by atoms with Crippen molar-refractivity contribution in [1.82, 2.24) is 0 Å². The van der Waals surface area contributed by atoms with Crippen molar-refractivity contribution in [3.8, 4) is 11.5 Å². The molecule has 8 nitrogen and oxygen atoms in total. The van der Waals surface area contributed by atoms with E-state index in [-0.39, 0.29) is 24.5 Å². The summed E-state index contributed by atoms with van der Waals surface area (Å²) in [5.74, 6) is -0.590. The van der Waals surface area contributed by atoms with Crippen molar-refractivity contribution in [2.45, 2.75) is 25.3 Å². The Hall–Kier alpha value is -2.35. The number of carboxylic acids is 1. The van der Waals surface area contributed by atoms with Gasteiger partial charge in [0.2, 0.25) is 5.75 Å². The molecule has 0 aliphatic heterocycles. The minimum Gasteiger partial charge on any atom is -0.497 e. The Bertz CT molecular complexity index is 529. The predicted octanol–water partition coefficient (Wildman–Crippen LogP) is 1.56. The van der Waals surface area contributed by atoms with Crippen molar-refractivity contribution in [2.75, 3.05) is 13.7 Å². The summed E-state index contributed by atoms with van der Waals surface area (Å²) in [6.45, 7) is 1.53. The van der Waals surface area contributed by atoms with E-state index < -0.39 is 16.4 Å². The number of benzene rings is 1. The van der Waals surface area contributed by atoms with Crippen LogP contribution < -0.4 is 15.2 Å². The number of hydrogen-bond donors (Lipinski definition) is 2. The van der Waals surface area contributed by atoms with E-state index in [0.29, 0.717) is 12.2 Å². The van der Waals surface area contributed by atoms with E-state index in [1.165, 1.54) is 32.2 Å². The van der Waals surface area contributed by atoms with Crippen LogP contribution in [-0.2, 0) is 4.79 Å². The van der Waals surface area contributed by atoms with Crippen LogP contribution in [0.1, 0.15) is 19.8 Å². The SMILES string of the molecule is COc1ccc([N+](=O)[O-])c(OCCCC(C)(N)C(=O)O)c1. The molecule has 21 heavy (non-hydrogen) atoms. The average Bonchev–Trinajstić information content (AvgIpc) is 2.42. The van der Waals surface area contributed by atoms with Crippen LogP contribution in [-0.4, -0.2) is 35.3 Å². The average molecular weight is 298 g/mol. The van der Waals surface area contributed by atoms with Gasteiger partial charge in [-0.1, -0.05) is 0 Å². The molecule has 1 aromatic carbocycles. The fourth-order valence-electron chi connectivity index (χ4n) is 1.62. The number of nitro groups is 1. The highest BCUT2D eigenvalue weighted by Gasteiger charge is 2.27. The zero-order valence-electron chi connectivity index (χ0n) is 11.9. The van der Waals surface area contributed by atoms with Crippen molar-refractivity contribution in [3.63, 3.8) is 0 Å². The summed E-state index contributed by atoms with van der Waals surface area (Å²) < 4.78 is 10.3. The Balaban J connectivity index is 2.66. The molecule has 0 amide bonds. The lowest BCUT2D eigenvalue weighted by atomic mass is 9.98. The highest BCUT2D eigenvalue weighted by atomic mass is 16.6. The van der Waals surface area contributed by atoms with Gasteiger partial charge in [-0.05, 0) is 25.8 Å². The molecule has 0 bridgehead atoms. The topological polar surface area (TPSA) is 125 Å². The van der Waals surface area contributed by atoms with E-state index in [0.717, 1.165) is 0 Å². The molecule has 1 atom stereocenters. The largest absolute Gasteiger partial charge is 0.497 e. The summed E-state index contributed by atoms with van der Waals surface area (Å²) in [4.78, 5) is 21.2. The molecule has 0 spiro atoms. The Morgan fingerprint density at radius 1 is 1.52 bits per heavy atom. The van der Waals surface area contributed by atoms with Crippen LogP contribution in [0.3, 0.4) is 0 Å². The van der Waals surface area contributed by atoms with E-state index in [1.807, 2.05) is 0 Å². The van der Waals surface area contributed by atoms with Crippen molar-refractivity contribution in [2.24, 2.45) is 5.73 Å². The molecular weight excluding hydrogens is 280 g/mol. The molecule has 1 aromatic rings. The van der Waals surface area contributed by atoms with E-state index in [1.54, 1.807) is 0 Å². The first-order valence-corrected chi connectivity index (χ1v) is 6.25. The zero-order chi connectivity index (χ0) is 16.0. The number of carbonyl (C=O) groups is 1. The van der Waals surface area contributed by atoms with Gasteiger partial charge >= 0.3 is 11.7 Å². The monoisotopic (exact) mass is 298 g/mol. The van der Waals surface area contributed by atoms with Crippen molar-refractivity contribution in [3.05, 3.63) is 28.3 Å². The molecule has 0 radical (unpaired) electrons. The van der Waals surface area contributed by atoms with Gasteiger partial charge in [-0.2, -0.15) is 0 Å². The van der Waals surface area contributed by atoms with Crippen molar-refractivity contribution < 1.29 is 24.3 Å². The van der Waals surface area contributed by atoms with Gasteiger partial charge in [-0.25, -0.2) is 0 Å². The molecule has 0 saturated carbocycles. The number of ether oxygens (including phenoxy) is 2. The summed E-state index contributed by atoms with van der Waals surface area (Å²) in [6.07, 6.45) is 0.549. The fourth-order valence-corrected chi connectivity index (χ4v) is 1.62. The fraction of sp³-hybridized carbons (Fsp3) is 0.462. The van der Waals surface area contributed by atoms with Gasteiger partial charge in [0, 0.05) is 12.1 Å². The van der Waals surface area contributed by atoms with Crippen LogP contribution in [0.25, 0.3) is 0 Å². The maximum Gasteiger partial charge on any atom is 0.323 e. The molecule has 0 aliphatic rings. The molecule has 8 heteroatoms. The summed E-state index contributed by atoms with van der Waals surface area (Å²) in [5, 5.41) is 19.8. The van der Waals surface area contributed by atoms with Crippen LogP contribution in [0.15, 0.2) is 18.2 Å². The molecule has 0 fully saturated rings. The van der Waals surface area contributed by atoms with Crippen LogP contribution in [0.5, 0.6) is 11.5 Å². The number of rotatable bonds is 8. The Morgan fingerprint density at radius 2 is 2.19 bits per heavy atom. The lowest BCUT2D eigenvalue weighted by Crippen LogP contribution is -2.44. The lowest BCUT2D eigenvalue weighted by Gasteiger charge is -2.18. The first kappa shape index (κ1) is 16.7. The smallest absolute Gasteiger partial charge is 0.323 e. The van der Waals surface area contributed by atoms with Crippen molar-refractivity contribution >= 4 is 11.7 Å². The molecule has 116 valence electrons. The van der Waals surface area contributed by atoms with Gasteiger partial charge in [0.1, 0.15) is 11.3 Å². The van der Waals surface area contributed by atoms with E-state index in [9.17, 15) is 14.9 Å². The van der Waals surface area contributed by atoms with E-state index >= 15 is 0 Å². The minimum atomic E-state index is -1.34. The second-order valence-corrected chi connectivity index (χ2v) is 4.77. The number of nitrogens with two attached hydrogens (primary N) is 1. The molecular formula is C13H18N2O6. The summed E-state index contributed by atoms with van der Waals surface area (Å²) in [7, 11) is 1.44. The third kappa shape index (κ3) is 4.60. The summed E-state index contributed by atoms with van der Waals surface area (Å²) in [5.41, 5.74) is 4.06. The highest BCUT2D eigenvalue weighted by molar-refractivity contribution is 5.77. The molecule has 0 saturated heterocycles. The van der Waals surface area contributed by atoms with Gasteiger partial charge in [0.05, 0.1) is 18.6 Å². The molecule has 0 aliphatic carbocycles. The van der Waals surface area contributed by atoms with Crippen LogP contribution in [0.4, 0.5) is 5.69 Å². The normalized spacial score (nSPS) is 13.3. The Morgan fingerprint density at radius 3 is 2.71 bits per heavy atom. The van der Waals surface area contributed by atoms with Gasteiger partial charge in [-0.3, -0.25) is 14.9 Å². The predicted molar refractivity (Wildman–Crippen MR) is 74.6 cm³/mol. The van der Waals surface area contributed by atoms with Gasteiger partial charge in [0.25, 0.3) is 0 Å². The second-order valence-electron chi connectivity index (χ2n) is 4.77. The van der Waals surface area contributed by atoms with Crippen LogP contribution in [0, 0.1) is 10.1 Å². The molecule has 1 rings (SSSR count). The molecule has 0 heterocycles. The number of nitrogens with zero attached hydrogens (tertiary/aromatic N) is 1. The lowest BCUT2D eigenvalue weighted by molar-refractivity contribution is -0.385. The number of nitro benzene ring substituents is 1. The van der Waals surface area contributed by atoms with E-state index in [2.05, 4.69) is 0 Å². The standard InChI is InChI=1S/C13H18N2O6/c1-13(14,12(16)17)6-3-7-21-11-8-9(20-2)4-5-10(11)15(18)19/h4-5,8H,3,6-7,14H2,1-2H3,(H,16,17). The number of methoxy groups -OCH3 is 1. The third-order valence-electron chi connectivity index (χ3n) is 2.95. The number of hydrogen-bond acceptors (Lipinski definition) is 6. The van der Waals surface area contributed by atoms with Gasteiger partial charge < -0.3 is 20.3 Å². The first-order chi connectivity index (χ1) is 9.77. The zero-order valence-corrected chi connectivity index (χ0v) is 11.9. The minimum absolute atomic E-state index is 0.0772. The molecule has 0 aromatic heterocycles. The van der Waals surface area contributed by atoms with E-state index in [4.69, 9.17) is 20.3 Å². The van der Waals surface area contributed by atoms with Crippen LogP contribution in [0.2, 0.25) is 0 Å². The summed E-state index contributed by atoms with van der Waals surface area (Å²) >= 11 is 0. The molecule has 3 N–H and O–H groups in total. The van der Waals surface area contributed by atoms with Gasteiger partial charge in [-0.15, -0.1) is 0 Å². The Kier molecular flexibility index (Phi) is 5.48. The maximum absolute atomic E-state index is 10.9. The number of carboxylic acid groups (broad SMARTS) is 1. The maximum atomic E-state index is 10.9. The summed E-state index contributed by atoms with van der Waals surface area (Å²) in [6, 6.07) is 4.17. The highest BCUT2D eigenvalue weighted by Crippen LogP contribution is 2.31. The van der Waals surface area contributed by atoms with Crippen molar-refractivity contribution in [1.29, 1.82) is 0 Å². The molecule has 1 unspecified atom stereocenters. The number of aliphatic carboxylic acids is 1. The van der Waals surface area contributed by atoms with Gasteiger partial charge in [0.15, 0.2) is 0 Å². The quantitative estimate of drug-likeness (QED) is 0.424.